The predicted octanol–water partition coefficient (Wildman–Crippen LogP) is 3.51. The molecule has 1 aliphatic heterocycles. The number of hydrogen-bond acceptors (Lipinski definition) is 3. The third kappa shape index (κ3) is 1.98. The van der Waals surface area contributed by atoms with Gasteiger partial charge in [-0.1, -0.05) is 10.7 Å². The molecule has 15 heavy (non-hydrogen) atoms. The van der Waals surface area contributed by atoms with Crippen molar-refractivity contribution < 1.29 is 4.84 Å². The maximum atomic E-state index is 4.94. The first-order valence-electron chi connectivity index (χ1n) is 5.37. The molecule has 0 aromatic rings. The minimum Gasteiger partial charge on any atom is -0.399 e. The van der Waals surface area contributed by atoms with Crippen LogP contribution in [-0.2, 0) is 4.84 Å². The fourth-order valence-electron chi connectivity index (χ4n) is 2.16. The molecule has 0 fully saturated rings. The lowest BCUT2D eigenvalue weighted by molar-refractivity contribution is 0.213. The van der Waals surface area contributed by atoms with E-state index < -0.39 is 0 Å². The van der Waals surface area contributed by atoms with E-state index in [1.807, 2.05) is 11.8 Å². The van der Waals surface area contributed by atoms with Crippen LogP contribution in [-0.4, -0.2) is 18.6 Å². The second-order valence-corrected chi connectivity index (χ2v) is 5.21. The summed E-state index contributed by atoms with van der Waals surface area (Å²) in [6.07, 6.45) is 3.42. The molecule has 82 valence electrons. The van der Waals surface area contributed by atoms with Gasteiger partial charge in [-0.25, -0.2) is 0 Å². The van der Waals surface area contributed by atoms with E-state index in [0.29, 0.717) is 0 Å². The fourth-order valence-corrected chi connectivity index (χ4v) is 3.36. The van der Waals surface area contributed by atoms with Gasteiger partial charge in [0.15, 0.2) is 0 Å². The summed E-state index contributed by atoms with van der Waals surface area (Å²) in [6, 6.07) is 0. The number of thioether (sulfide) groups is 1. The summed E-state index contributed by atoms with van der Waals surface area (Å²) in [7, 11) is 1.63. The molecule has 0 radical (unpaired) electrons. The Labute approximate surface area is 95.4 Å². The van der Waals surface area contributed by atoms with Crippen LogP contribution in [0.25, 0.3) is 0 Å². The second-order valence-electron chi connectivity index (χ2n) is 4.02. The van der Waals surface area contributed by atoms with Crippen LogP contribution in [0.15, 0.2) is 26.8 Å². The Hall–Kier alpha value is -0.700. The van der Waals surface area contributed by atoms with Crippen molar-refractivity contribution in [3.05, 3.63) is 21.6 Å². The number of oxime groups is 1. The van der Waals surface area contributed by atoms with Crippen molar-refractivity contribution in [2.75, 3.05) is 12.9 Å². The SMILES string of the molecule is CON=C1CCSC2=C1C(C)=C(C)CC2. The Morgan fingerprint density at radius 3 is 2.73 bits per heavy atom. The molecule has 2 rings (SSSR count). The van der Waals surface area contributed by atoms with Gasteiger partial charge in [-0.15, -0.1) is 11.8 Å². The van der Waals surface area contributed by atoms with Crippen LogP contribution in [0.2, 0.25) is 0 Å². The van der Waals surface area contributed by atoms with E-state index in [2.05, 4.69) is 19.0 Å². The van der Waals surface area contributed by atoms with Crippen LogP contribution in [0, 0.1) is 0 Å². The van der Waals surface area contributed by atoms with Crippen molar-refractivity contribution in [2.24, 2.45) is 5.16 Å². The van der Waals surface area contributed by atoms with E-state index in [-0.39, 0.29) is 0 Å². The Bertz CT molecular complexity index is 366. The van der Waals surface area contributed by atoms with Crippen molar-refractivity contribution in [3.63, 3.8) is 0 Å². The lowest BCUT2D eigenvalue weighted by atomic mass is 9.89. The molecule has 0 amide bonds. The van der Waals surface area contributed by atoms with Gasteiger partial charge in [0.2, 0.25) is 0 Å². The molecule has 0 N–H and O–H groups in total. The number of nitrogens with zero attached hydrogens (tertiary/aromatic N) is 1. The Morgan fingerprint density at radius 1 is 1.20 bits per heavy atom. The first-order chi connectivity index (χ1) is 7.24. The summed E-state index contributed by atoms with van der Waals surface area (Å²) < 4.78 is 0. The first-order valence-corrected chi connectivity index (χ1v) is 6.35. The summed E-state index contributed by atoms with van der Waals surface area (Å²) in [5, 5.41) is 4.16. The molecule has 0 aromatic carbocycles. The van der Waals surface area contributed by atoms with E-state index in [1.54, 1.807) is 7.11 Å². The van der Waals surface area contributed by atoms with Crippen LogP contribution in [0.5, 0.6) is 0 Å². The fraction of sp³-hybridized carbons (Fsp3) is 0.583. The number of hydrogen-bond donors (Lipinski definition) is 0. The third-order valence-electron chi connectivity index (χ3n) is 3.13. The molecular formula is C12H17NOS. The van der Waals surface area contributed by atoms with E-state index in [4.69, 9.17) is 4.84 Å². The van der Waals surface area contributed by atoms with Gasteiger partial charge >= 0.3 is 0 Å². The van der Waals surface area contributed by atoms with E-state index in [0.717, 1.165) is 17.9 Å². The maximum Gasteiger partial charge on any atom is 0.106 e. The van der Waals surface area contributed by atoms with E-state index in [1.165, 1.54) is 34.5 Å². The molecule has 0 aromatic heterocycles. The van der Waals surface area contributed by atoms with Gasteiger partial charge in [0, 0.05) is 17.7 Å². The molecule has 2 nitrogen and oxygen atoms in total. The molecule has 0 saturated heterocycles. The molecule has 2 aliphatic rings. The molecule has 1 heterocycles. The summed E-state index contributed by atoms with van der Waals surface area (Å²) in [5.74, 6) is 1.15. The monoisotopic (exact) mass is 223 g/mol. The van der Waals surface area contributed by atoms with E-state index in [9.17, 15) is 0 Å². The quantitative estimate of drug-likeness (QED) is 0.634. The molecule has 0 saturated carbocycles. The van der Waals surface area contributed by atoms with Gasteiger partial charge in [-0.2, -0.15) is 0 Å². The summed E-state index contributed by atoms with van der Waals surface area (Å²) in [4.78, 5) is 6.45. The van der Waals surface area contributed by atoms with Crippen LogP contribution in [0.4, 0.5) is 0 Å². The summed E-state index contributed by atoms with van der Waals surface area (Å²) >= 11 is 1.99. The van der Waals surface area contributed by atoms with Crippen molar-refractivity contribution in [1.29, 1.82) is 0 Å². The van der Waals surface area contributed by atoms with Crippen LogP contribution in [0.1, 0.15) is 33.1 Å². The lowest BCUT2D eigenvalue weighted by Gasteiger charge is -2.27. The zero-order valence-electron chi connectivity index (χ0n) is 9.59. The highest BCUT2D eigenvalue weighted by Gasteiger charge is 2.25. The molecule has 0 unspecified atom stereocenters. The molecule has 1 aliphatic carbocycles. The Balaban J connectivity index is 2.44. The Kier molecular flexibility index (Phi) is 3.19. The van der Waals surface area contributed by atoms with Crippen molar-refractivity contribution in [3.8, 4) is 0 Å². The minimum atomic E-state index is 1.03. The van der Waals surface area contributed by atoms with Gasteiger partial charge in [0.1, 0.15) is 7.11 Å². The molecule has 0 bridgehead atoms. The van der Waals surface area contributed by atoms with Crippen LogP contribution < -0.4 is 0 Å². The van der Waals surface area contributed by atoms with Gasteiger partial charge in [0.05, 0.1) is 5.71 Å². The highest BCUT2D eigenvalue weighted by Crippen LogP contribution is 2.40. The Morgan fingerprint density at radius 2 is 2.00 bits per heavy atom. The lowest BCUT2D eigenvalue weighted by Crippen LogP contribution is -2.16. The molecule has 0 atom stereocenters. The minimum absolute atomic E-state index is 1.03. The van der Waals surface area contributed by atoms with Crippen molar-refractivity contribution in [2.45, 2.75) is 33.1 Å². The van der Waals surface area contributed by atoms with E-state index >= 15 is 0 Å². The molecule has 0 spiro atoms. The summed E-state index contributed by atoms with van der Waals surface area (Å²) in [5.41, 5.74) is 5.43. The average Bonchev–Trinajstić information content (AvgIpc) is 2.24. The molecular weight excluding hydrogens is 206 g/mol. The van der Waals surface area contributed by atoms with Crippen LogP contribution >= 0.6 is 11.8 Å². The highest BCUT2D eigenvalue weighted by atomic mass is 32.2. The number of allylic oxidation sites excluding steroid dienone is 4. The van der Waals surface area contributed by atoms with Crippen molar-refractivity contribution >= 4 is 17.5 Å². The van der Waals surface area contributed by atoms with Gasteiger partial charge in [-0.3, -0.25) is 0 Å². The number of rotatable bonds is 1. The van der Waals surface area contributed by atoms with Gasteiger partial charge in [-0.05, 0) is 37.2 Å². The zero-order chi connectivity index (χ0) is 10.8. The van der Waals surface area contributed by atoms with Crippen molar-refractivity contribution in [1.82, 2.24) is 0 Å². The van der Waals surface area contributed by atoms with Gasteiger partial charge in [0.25, 0.3) is 0 Å². The highest BCUT2D eigenvalue weighted by molar-refractivity contribution is 8.03. The zero-order valence-corrected chi connectivity index (χ0v) is 10.4. The summed E-state index contributed by atoms with van der Waals surface area (Å²) in [6.45, 7) is 4.43. The standard InChI is InChI=1S/C12H17NOS/c1-8-4-5-11-12(9(8)2)10(13-14-3)6-7-15-11/h4-7H2,1-3H3. The topological polar surface area (TPSA) is 21.6 Å². The van der Waals surface area contributed by atoms with Crippen LogP contribution in [0.3, 0.4) is 0 Å². The average molecular weight is 223 g/mol. The predicted molar refractivity (Wildman–Crippen MR) is 66.2 cm³/mol. The first kappa shape index (κ1) is 10.8. The normalized spacial score (nSPS) is 24.6. The largest absolute Gasteiger partial charge is 0.399 e. The smallest absolute Gasteiger partial charge is 0.106 e. The maximum absolute atomic E-state index is 4.94. The van der Waals surface area contributed by atoms with Gasteiger partial charge < -0.3 is 4.84 Å². The third-order valence-corrected chi connectivity index (χ3v) is 4.29. The molecule has 3 heteroatoms. The second kappa shape index (κ2) is 4.44.